The van der Waals surface area contributed by atoms with Crippen LogP contribution in [0, 0.1) is 0 Å². The summed E-state index contributed by atoms with van der Waals surface area (Å²) in [5.74, 6) is 0.124. The Hall–Kier alpha value is -1.41. The van der Waals surface area contributed by atoms with Crippen LogP contribution in [0.3, 0.4) is 0 Å². The molecule has 0 atom stereocenters. The van der Waals surface area contributed by atoms with Crippen LogP contribution in [-0.2, 0) is 0 Å². The molecule has 0 spiro atoms. The van der Waals surface area contributed by atoms with Gasteiger partial charge in [-0.2, -0.15) is 10.5 Å². The van der Waals surface area contributed by atoms with Gasteiger partial charge >= 0.3 is 0 Å². The summed E-state index contributed by atoms with van der Waals surface area (Å²) in [5, 5.41) is 4.07. The molecular formula is C14H14OS. The van der Waals surface area contributed by atoms with Crippen molar-refractivity contribution in [3.05, 3.63) is 48.0 Å². The highest BCUT2D eigenvalue weighted by atomic mass is 32.2. The molecule has 0 amide bonds. The van der Waals surface area contributed by atoms with Gasteiger partial charge in [0.05, 0.1) is 0 Å². The SMILES string of the molecule is CS(C)=CC(=O)c1ccc2ccccc2c1. The topological polar surface area (TPSA) is 17.1 Å². The first-order valence-electron chi connectivity index (χ1n) is 5.11. The summed E-state index contributed by atoms with van der Waals surface area (Å²) in [6, 6.07) is 13.9. The molecule has 2 aromatic carbocycles. The van der Waals surface area contributed by atoms with E-state index in [2.05, 4.69) is 6.07 Å². The van der Waals surface area contributed by atoms with Crippen LogP contribution in [0.5, 0.6) is 0 Å². The third kappa shape index (κ3) is 2.39. The Labute approximate surface area is 98.0 Å². The molecule has 2 heteroatoms. The van der Waals surface area contributed by atoms with Crippen molar-refractivity contribution in [2.24, 2.45) is 0 Å². The van der Waals surface area contributed by atoms with Crippen molar-refractivity contribution >= 4 is 32.4 Å². The molecule has 0 heterocycles. The zero-order valence-electron chi connectivity index (χ0n) is 9.44. The number of hydrogen-bond donors (Lipinski definition) is 0. The molecule has 0 radical (unpaired) electrons. The van der Waals surface area contributed by atoms with Crippen LogP contribution >= 0.6 is 10.5 Å². The molecule has 2 aromatic rings. The van der Waals surface area contributed by atoms with E-state index in [-0.39, 0.29) is 16.3 Å². The second-order valence-electron chi connectivity index (χ2n) is 3.92. The second kappa shape index (κ2) is 4.62. The second-order valence-corrected chi connectivity index (χ2v) is 5.92. The van der Waals surface area contributed by atoms with Gasteiger partial charge in [0.25, 0.3) is 0 Å². The summed E-state index contributed by atoms with van der Waals surface area (Å²) in [6.07, 6.45) is 4.08. The molecular weight excluding hydrogens is 216 g/mol. The van der Waals surface area contributed by atoms with E-state index in [1.165, 1.54) is 5.39 Å². The maximum Gasteiger partial charge on any atom is 0.191 e. The fourth-order valence-electron chi connectivity index (χ4n) is 1.62. The van der Waals surface area contributed by atoms with Crippen LogP contribution in [0.1, 0.15) is 10.4 Å². The molecule has 0 saturated heterocycles. The zero-order chi connectivity index (χ0) is 11.5. The smallest absolute Gasteiger partial charge is 0.191 e. The molecule has 0 aliphatic carbocycles. The third-order valence-corrected chi connectivity index (χ3v) is 3.06. The lowest BCUT2D eigenvalue weighted by Gasteiger charge is -2.00. The monoisotopic (exact) mass is 230 g/mol. The lowest BCUT2D eigenvalue weighted by molar-refractivity contribution is 0.107. The summed E-state index contributed by atoms with van der Waals surface area (Å²) >= 11 is 0. The quantitative estimate of drug-likeness (QED) is 0.571. The van der Waals surface area contributed by atoms with Gasteiger partial charge in [-0.1, -0.05) is 36.4 Å². The largest absolute Gasteiger partial charge is 0.289 e. The van der Waals surface area contributed by atoms with E-state index < -0.39 is 0 Å². The first-order chi connectivity index (χ1) is 7.66. The highest BCUT2D eigenvalue weighted by Crippen LogP contribution is 2.16. The van der Waals surface area contributed by atoms with Gasteiger partial charge in [0.1, 0.15) is 0 Å². The summed E-state index contributed by atoms with van der Waals surface area (Å²) in [7, 11) is 0.0456. The van der Waals surface area contributed by atoms with E-state index in [1.807, 2.05) is 48.9 Å². The number of fused-ring (bicyclic) bond motifs is 1. The fourth-order valence-corrected chi connectivity index (χ4v) is 2.19. The minimum atomic E-state index is 0.0456. The minimum absolute atomic E-state index is 0.0456. The average Bonchev–Trinajstić information content (AvgIpc) is 2.27. The molecule has 0 unspecified atom stereocenters. The van der Waals surface area contributed by atoms with Crippen LogP contribution < -0.4 is 0 Å². The Morgan fingerprint density at radius 1 is 1.06 bits per heavy atom. The van der Waals surface area contributed by atoms with Crippen LogP contribution in [0.25, 0.3) is 10.8 Å². The highest BCUT2D eigenvalue weighted by Gasteiger charge is 2.02. The van der Waals surface area contributed by atoms with Crippen molar-refractivity contribution in [3.8, 4) is 0 Å². The molecule has 2 rings (SSSR count). The molecule has 0 N–H and O–H groups in total. The van der Waals surface area contributed by atoms with Gasteiger partial charge in [0.15, 0.2) is 5.78 Å². The molecule has 0 aliphatic heterocycles. The number of rotatable bonds is 2. The summed E-state index contributed by atoms with van der Waals surface area (Å²) < 4.78 is 0. The Morgan fingerprint density at radius 2 is 1.75 bits per heavy atom. The molecule has 0 aromatic heterocycles. The van der Waals surface area contributed by atoms with Crippen molar-refractivity contribution < 1.29 is 4.79 Å². The van der Waals surface area contributed by atoms with Crippen molar-refractivity contribution in [1.82, 2.24) is 0 Å². The van der Waals surface area contributed by atoms with E-state index in [9.17, 15) is 4.79 Å². The number of ketones is 1. The molecule has 1 nitrogen and oxygen atoms in total. The predicted molar refractivity (Wildman–Crippen MR) is 73.8 cm³/mol. The van der Waals surface area contributed by atoms with Gasteiger partial charge in [0, 0.05) is 10.9 Å². The first kappa shape index (κ1) is 11.1. The summed E-state index contributed by atoms with van der Waals surface area (Å²) in [4.78, 5) is 11.9. The molecule has 0 bridgehead atoms. The first-order valence-corrected chi connectivity index (χ1v) is 7.21. The van der Waals surface area contributed by atoms with E-state index in [4.69, 9.17) is 0 Å². The number of carbonyl (C=O) groups is 1. The van der Waals surface area contributed by atoms with Gasteiger partial charge in [-0.3, -0.25) is 4.79 Å². The zero-order valence-corrected chi connectivity index (χ0v) is 10.3. The Kier molecular flexibility index (Phi) is 3.20. The van der Waals surface area contributed by atoms with Crippen LogP contribution in [0.2, 0.25) is 0 Å². The molecule has 0 saturated carbocycles. The summed E-state index contributed by atoms with van der Waals surface area (Å²) in [6.45, 7) is 0. The van der Waals surface area contributed by atoms with Crippen molar-refractivity contribution in [2.45, 2.75) is 0 Å². The summed E-state index contributed by atoms with van der Waals surface area (Å²) in [5.41, 5.74) is 0.778. The van der Waals surface area contributed by atoms with E-state index in [0.717, 1.165) is 10.9 Å². The predicted octanol–water partition coefficient (Wildman–Crippen LogP) is 3.35. The van der Waals surface area contributed by atoms with Crippen LogP contribution in [-0.4, -0.2) is 23.7 Å². The fraction of sp³-hybridized carbons (Fsp3) is 0.143. The Morgan fingerprint density at radius 3 is 2.44 bits per heavy atom. The van der Waals surface area contributed by atoms with Crippen molar-refractivity contribution in [3.63, 3.8) is 0 Å². The van der Waals surface area contributed by atoms with Gasteiger partial charge in [-0.05, 0) is 29.4 Å². The number of benzene rings is 2. The van der Waals surface area contributed by atoms with E-state index in [1.54, 1.807) is 5.37 Å². The lowest BCUT2D eigenvalue weighted by atomic mass is 10.1. The Bertz CT molecular complexity index is 566. The van der Waals surface area contributed by atoms with Crippen LogP contribution in [0.15, 0.2) is 42.5 Å². The normalized spacial score (nSPS) is 10.7. The number of Topliss-reactive ketones (excluding diaryl/α,β-unsaturated/α-hetero) is 1. The van der Waals surface area contributed by atoms with Crippen molar-refractivity contribution in [1.29, 1.82) is 0 Å². The highest BCUT2D eigenvalue weighted by molar-refractivity contribution is 8.14. The van der Waals surface area contributed by atoms with Crippen molar-refractivity contribution in [2.75, 3.05) is 12.5 Å². The van der Waals surface area contributed by atoms with Gasteiger partial charge in [-0.15, -0.1) is 0 Å². The molecule has 82 valence electrons. The van der Waals surface area contributed by atoms with Gasteiger partial charge in [-0.25, -0.2) is 0 Å². The van der Waals surface area contributed by atoms with Gasteiger partial charge < -0.3 is 0 Å². The maximum atomic E-state index is 11.9. The van der Waals surface area contributed by atoms with Gasteiger partial charge in [0.2, 0.25) is 0 Å². The average molecular weight is 230 g/mol. The number of hydrogen-bond acceptors (Lipinski definition) is 1. The third-order valence-electron chi connectivity index (χ3n) is 2.38. The minimum Gasteiger partial charge on any atom is -0.289 e. The molecule has 0 fully saturated rings. The lowest BCUT2D eigenvalue weighted by Crippen LogP contribution is -1.99. The Balaban J connectivity index is 2.47. The van der Waals surface area contributed by atoms with E-state index >= 15 is 0 Å². The standard InChI is InChI=1S/C14H14OS/c1-16(2)10-14(15)13-8-7-11-5-3-4-6-12(11)9-13/h3-10H,1-2H3. The van der Waals surface area contributed by atoms with E-state index in [0.29, 0.717) is 0 Å². The maximum absolute atomic E-state index is 11.9. The van der Waals surface area contributed by atoms with Crippen LogP contribution in [0.4, 0.5) is 0 Å². The number of carbonyl (C=O) groups excluding carboxylic acids is 1. The molecule has 16 heavy (non-hydrogen) atoms. The molecule has 0 aliphatic rings.